The normalized spacial score (nSPS) is 13.2. The van der Waals surface area contributed by atoms with Gasteiger partial charge in [-0.15, -0.1) is 0 Å². The number of carbonyl (C=O) groups excluding carboxylic acids is 2. The largest absolute Gasteiger partial charge is 0.270 e. The van der Waals surface area contributed by atoms with Crippen LogP contribution in [0.2, 0.25) is 0 Å². The Labute approximate surface area is 136 Å². The van der Waals surface area contributed by atoms with Gasteiger partial charge in [0.25, 0.3) is 11.8 Å². The highest BCUT2D eigenvalue weighted by molar-refractivity contribution is 9.10. The van der Waals surface area contributed by atoms with Crippen molar-refractivity contribution in [1.82, 2.24) is 4.90 Å². The maximum atomic E-state index is 12.4. The van der Waals surface area contributed by atoms with E-state index >= 15 is 0 Å². The van der Waals surface area contributed by atoms with Gasteiger partial charge in [-0.25, -0.2) is 0 Å². The first kappa shape index (κ1) is 14.5. The molecule has 2 aromatic carbocycles. The summed E-state index contributed by atoms with van der Waals surface area (Å²) in [7, 11) is 0. The number of imide groups is 1. The second-order valence-corrected chi connectivity index (χ2v) is 5.97. The maximum Gasteiger partial charge on any atom is 0.261 e. The quantitative estimate of drug-likeness (QED) is 0.776. The predicted molar refractivity (Wildman–Crippen MR) is 84.2 cm³/mol. The van der Waals surface area contributed by atoms with Crippen LogP contribution in [0.25, 0.3) is 0 Å². The van der Waals surface area contributed by atoms with Crippen LogP contribution in [0.1, 0.15) is 37.4 Å². The molecule has 0 aromatic heterocycles. The lowest BCUT2D eigenvalue weighted by atomic mass is 10.1. The van der Waals surface area contributed by atoms with Crippen LogP contribution in [-0.2, 0) is 6.54 Å². The number of rotatable bonds is 2. The first-order chi connectivity index (χ1) is 10.5. The minimum atomic E-state index is -0.277. The molecule has 0 N–H and O–H groups in total. The lowest BCUT2D eigenvalue weighted by Gasteiger charge is -2.16. The van der Waals surface area contributed by atoms with Gasteiger partial charge in [0.05, 0.1) is 23.2 Å². The molecule has 5 heteroatoms. The van der Waals surface area contributed by atoms with E-state index in [2.05, 4.69) is 22.0 Å². The summed E-state index contributed by atoms with van der Waals surface area (Å²) >= 11 is 3.34. The molecule has 4 nitrogen and oxygen atoms in total. The summed E-state index contributed by atoms with van der Waals surface area (Å²) in [4.78, 5) is 26.0. The van der Waals surface area contributed by atoms with Gasteiger partial charge in [-0.2, -0.15) is 5.26 Å². The van der Waals surface area contributed by atoms with E-state index < -0.39 is 0 Å². The molecule has 0 aliphatic carbocycles. The number of hydrogen-bond acceptors (Lipinski definition) is 3. The van der Waals surface area contributed by atoms with Crippen molar-refractivity contribution in [3.8, 4) is 6.07 Å². The van der Waals surface area contributed by atoms with E-state index in [9.17, 15) is 9.59 Å². The molecule has 22 heavy (non-hydrogen) atoms. The van der Waals surface area contributed by atoms with E-state index in [-0.39, 0.29) is 18.4 Å². The molecule has 0 unspecified atom stereocenters. The number of hydrogen-bond donors (Lipinski definition) is 0. The number of nitriles is 1. The molecule has 108 valence electrons. The first-order valence-electron chi connectivity index (χ1n) is 6.67. The van der Waals surface area contributed by atoms with Crippen LogP contribution in [0, 0.1) is 18.3 Å². The fourth-order valence-corrected chi connectivity index (χ4v) is 3.01. The number of amides is 2. The third kappa shape index (κ3) is 2.22. The summed E-state index contributed by atoms with van der Waals surface area (Å²) in [5.74, 6) is -0.555. The Morgan fingerprint density at radius 3 is 2.27 bits per heavy atom. The molecule has 2 amide bonds. The van der Waals surface area contributed by atoms with Crippen LogP contribution in [-0.4, -0.2) is 16.7 Å². The summed E-state index contributed by atoms with van der Waals surface area (Å²) in [5.41, 5.74) is 3.12. The molecule has 0 saturated heterocycles. The van der Waals surface area contributed by atoms with Crippen molar-refractivity contribution < 1.29 is 9.59 Å². The van der Waals surface area contributed by atoms with Gasteiger partial charge in [0.15, 0.2) is 0 Å². The smallest absolute Gasteiger partial charge is 0.261 e. The number of fused-ring (bicyclic) bond motifs is 1. The van der Waals surface area contributed by atoms with Crippen molar-refractivity contribution in [2.45, 2.75) is 13.5 Å². The second-order valence-electron chi connectivity index (χ2n) is 5.11. The summed E-state index contributed by atoms with van der Waals surface area (Å²) in [6.07, 6.45) is 0. The minimum absolute atomic E-state index is 0.197. The molecule has 0 atom stereocenters. The van der Waals surface area contributed by atoms with Gasteiger partial charge in [-0.3, -0.25) is 14.5 Å². The zero-order valence-corrected chi connectivity index (χ0v) is 13.3. The van der Waals surface area contributed by atoms with E-state index in [1.54, 1.807) is 36.4 Å². The molecule has 0 saturated carbocycles. The van der Waals surface area contributed by atoms with Gasteiger partial charge < -0.3 is 0 Å². The zero-order chi connectivity index (χ0) is 15.9. The van der Waals surface area contributed by atoms with Gasteiger partial charge in [-0.05, 0) is 58.2 Å². The van der Waals surface area contributed by atoms with E-state index in [1.807, 2.05) is 6.92 Å². The SMILES string of the molecule is Cc1cc(C#N)c(Br)cc1CN1C(=O)c2ccccc2C1=O. The number of nitrogens with zero attached hydrogens (tertiary/aromatic N) is 2. The van der Waals surface area contributed by atoms with Crippen LogP contribution in [0.15, 0.2) is 40.9 Å². The predicted octanol–water partition coefficient (Wildman–Crippen LogP) is 3.43. The second kappa shape index (κ2) is 5.39. The molecule has 2 aromatic rings. The van der Waals surface area contributed by atoms with E-state index in [0.29, 0.717) is 21.2 Å². The zero-order valence-electron chi connectivity index (χ0n) is 11.8. The van der Waals surface area contributed by atoms with Crippen LogP contribution >= 0.6 is 15.9 Å². The van der Waals surface area contributed by atoms with Crippen molar-refractivity contribution in [3.05, 3.63) is 68.7 Å². The van der Waals surface area contributed by atoms with Crippen molar-refractivity contribution in [3.63, 3.8) is 0 Å². The van der Waals surface area contributed by atoms with Crippen molar-refractivity contribution in [1.29, 1.82) is 5.26 Å². The molecule has 3 rings (SSSR count). The van der Waals surface area contributed by atoms with Gasteiger partial charge in [0.1, 0.15) is 6.07 Å². The average Bonchev–Trinajstić information content (AvgIpc) is 2.76. The number of aryl methyl sites for hydroxylation is 1. The number of benzene rings is 2. The highest BCUT2D eigenvalue weighted by Crippen LogP contribution is 2.27. The average molecular weight is 355 g/mol. The Morgan fingerprint density at radius 1 is 1.14 bits per heavy atom. The summed E-state index contributed by atoms with van der Waals surface area (Å²) < 4.78 is 0.659. The summed E-state index contributed by atoms with van der Waals surface area (Å²) in [6, 6.07) is 12.5. The molecule has 0 spiro atoms. The van der Waals surface area contributed by atoms with Gasteiger partial charge in [0.2, 0.25) is 0 Å². The standard InChI is InChI=1S/C17H11BrN2O2/c1-10-6-11(8-19)15(18)7-12(10)9-20-16(21)13-4-2-3-5-14(13)17(20)22/h2-7H,9H2,1H3. The topological polar surface area (TPSA) is 61.2 Å². The number of halogens is 1. The van der Waals surface area contributed by atoms with Crippen molar-refractivity contribution in [2.24, 2.45) is 0 Å². The van der Waals surface area contributed by atoms with Crippen LogP contribution in [0.4, 0.5) is 0 Å². The molecule has 0 radical (unpaired) electrons. The highest BCUT2D eigenvalue weighted by Gasteiger charge is 2.35. The maximum absolute atomic E-state index is 12.4. The van der Waals surface area contributed by atoms with Crippen molar-refractivity contribution in [2.75, 3.05) is 0 Å². The van der Waals surface area contributed by atoms with Gasteiger partial charge in [0, 0.05) is 4.47 Å². The molecule has 1 aliphatic heterocycles. The monoisotopic (exact) mass is 354 g/mol. The van der Waals surface area contributed by atoms with Crippen LogP contribution in [0.3, 0.4) is 0 Å². The van der Waals surface area contributed by atoms with Gasteiger partial charge in [-0.1, -0.05) is 12.1 Å². The fraction of sp³-hybridized carbons (Fsp3) is 0.118. The Hall–Kier alpha value is -2.45. The summed E-state index contributed by atoms with van der Waals surface area (Å²) in [5, 5.41) is 9.02. The molecule has 0 bridgehead atoms. The Morgan fingerprint density at radius 2 is 1.73 bits per heavy atom. The minimum Gasteiger partial charge on any atom is -0.270 e. The molecule has 1 heterocycles. The first-order valence-corrected chi connectivity index (χ1v) is 7.46. The summed E-state index contributed by atoms with van der Waals surface area (Å²) in [6.45, 7) is 2.06. The highest BCUT2D eigenvalue weighted by atomic mass is 79.9. The fourth-order valence-electron chi connectivity index (χ4n) is 2.53. The Balaban J connectivity index is 1.96. The molecule has 1 aliphatic rings. The van der Waals surface area contributed by atoms with Crippen LogP contribution < -0.4 is 0 Å². The van der Waals surface area contributed by atoms with Crippen LogP contribution in [0.5, 0.6) is 0 Å². The van der Waals surface area contributed by atoms with Gasteiger partial charge >= 0.3 is 0 Å². The number of carbonyl (C=O) groups is 2. The Bertz CT molecular complexity index is 817. The molecular weight excluding hydrogens is 344 g/mol. The van der Waals surface area contributed by atoms with E-state index in [0.717, 1.165) is 11.1 Å². The van der Waals surface area contributed by atoms with E-state index in [4.69, 9.17) is 5.26 Å². The molecule has 0 fully saturated rings. The third-order valence-corrected chi connectivity index (χ3v) is 4.41. The van der Waals surface area contributed by atoms with Crippen molar-refractivity contribution >= 4 is 27.7 Å². The third-order valence-electron chi connectivity index (χ3n) is 3.75. The van der Waals surface area contributed by atoms with E-state index in [1.165, 1.54) is 4.90 Å². The lowest BCUT2D eigenvalue weighted by molar-refractivity contribution is 0.0642. The Kier molecular flexibility index (Phi) is 3.55. The lowest BCUT2D eigenvalue weighted by Crippen LogP contribution is -2.29. The molecular formula is C17H11BrN2O2.